The Kier molecular flexibility index (Phi) is 3.73. The number of aliphatic hydroxyl groups excluding tert-OH is 1. The van der Waals surface area contributed by atoms with Crippen molar-refractivity contribution in [2.45, 2.75) is 19.1 Å². The standard InChI is InChI=1S/C14H16N2O/c1-11(16-10-13-8-5-9-15-13)14(17)12-6-3-2-4-7-12/h2-11,14-15,17H,1H3. The highest BCUT2D eigenvalue weighted by Crippen LogP contribution is 2.18. The number of benzene rings is 1. The van der Waals surface area contributed by atoms with Gasteiger partial charge in [-0.05, 0) is 24.6 Å². The third kappa shape index (κ3) is 3.04. The first-order valence-corrected chi connectivity index (χ1v) is 5.67. The summed E-state index contributed by atoms with van der Waals surface area (Å²) in [6, 6.07) is 13.3. The molecule has 0 saturated carbocycles. The van der Waals surface area contributed by atoms with Crippen molar-refractivity contribution < 1.29 is 5.11 Å². The van der Waals surface area contributed by atoms with Crippen LogP contribution in [0.15, 0.2) is 53.7 Å². The van der Waals surface area contributed by atoms with Gasteiger partial charge in [0.05, 0.1) is 11.7 Å². The average molecular weight is 228 g/mol. The van der Waals surface area contributed by atoms with E-state index in [1.165, 1.54) is 0 Å². The minimum atomic E-state index is -0.567. The third-order valence-electron chi connectivity index (χ3n) is 2.67. The molecule has 2 aromatic rings. The Labute approximate surface area is 101 Å². The van der Waals surface area contributed by atoms with Crippen LogP contribution in [0.1, 0.15) is 24.3 Å². The molecule has 0 aliphatic heterocycles. The molecule has 17 heavy (non-hydrogen) atoms. The van der Waals surface area contributed by atoms with Gasteiger partial charge in [-0.3, -0.25) is 4.99 Å². The zero-order valence-corrected chi connectivity index (χ0v) is 9.75. The number of H-pyrrole nitrogens is 1. The highest BCUT2D eigenvalue weighted by atomic mass is 16.3. The number of hydrogen-bond donors (Lipinski definition) is 2. The minimum Gasteiger partial charge on any atom is -0.386 e. The molecule has 0 bridgehead atoms. The molecule has 1 aromatic carbocycles. The molecule has 2 rings (SSSR count). The van der Waals surface area contributed by atoms with E-state index in [9.17, 15) is 5.11 Å². The van der Waals surface area contributed by atoms with E-state index in [4.69, 9.17) is 0 Å². The van der Waals surface area contributed by atoms with E-state index in [0.717, 1.165) is 11.3 Å². The Balaban J connectivity index is 2.03. The minimum absolute atomic E-state index is 0.166. The van der Waals surface area contributed by atoms with Crippen LogP contribution in [0.2, 0.25) is 0 Å². The number of aliphatic hydroxyl groups is 1. The number of hydrogen-bond acceptors (Lipinski definition) is 2. The molecule has 3 nitrogen and oxygen atoms in total. The monoisotopic (exact) mass is 228 g/mol. The van der Waals surface area contributed by atoms with E-state index < -0.39 is 6.10 Å². The van der Waals surface area contributed by atoms with Crippen LogP contribution >= 0.6 is 0 Å². The lowest BCUT2D eigenvalue weighted by Gasteiger charge is -2.14. The highest BCUT2D eigenvalue weighted by Gasteiger charge is 2.14. The van der Waals surface area contributed by atoms with E-state index in [1.54, 1.807) is 6.21 Å². The van der Waals surface area contributed by atoms with Gasteiger partial charge in [0.1, 0.15) is 6.10 Å². The lowest BCUT2D eigenvalue weighted by atomic mass is 10.0. The van der Waals surface area contributed by atoms with Crippen LogP contribution in [0.5, 0.6) is 0 Å². The molecule has 0 spiro atoms. The van der Waals surface area contributed by atoms with Crippen molar-refractivity contribution in [3.63, 3.8) is 0 Å². The summed E-state index contributed by atoms with van der Waals surface area (Å²) in [5, 5.41) is 10.1. The predicted molar refractivity (Wildman–Crippen MR) is 69.3 cm³/mol. The van der Waals surface area contributed by atoms with Crippen molar-refractivity contribution in [2.75, 3.05) is 0 Å². The van der Waals surface area contributed by atoms with Crippen LogP contribution in [0.3, 0.4) is 0 Å². The van der Waals surface area contributed by atoms with Crippen LogP contribution in [0.4, 0.5) is 0 Å². The van der Waals surface area contributed by atoms with Gasteiger partial charge in [-0.1, -0.05) is 30.3 Å². The number of rotatable bonds is 4. The lowest BCUT2D eigenvalue weighted by Crippen LogP contribution is -2.12. The van der Waals surface area contributed by atoms with E-state index in [2.05, 4.69) is 9.98 Å². The van der Waals surface area contributed by atoms with Gasteiger partial charge in [0, 0.05) is 12.4 Å². The SMILES string of the molecule is CC(N=Cc1ccc[nH]1)C(O)c1ccccc1. The number of aromatic nitrogens is 1. The Bertz CT molecular complexity index is 462. The summed E-state index contributed by atoms with van der Waals surface area (Å²) in [4.78, 5) is 7.38. The number of nitrogens with one attached hydrogen (secondary N) is 1. The molecule has 2 atom stereocenters. The molecule has 0 aliphatic carbocycles. The second kappa shape index (κ2) is 5.46. The molecule has 0 radical (unpaired) electrons. The van der Waals surface area contributed by atoms with Crippen LogP contribution in [-0.2, 0) is 0 Å². The van der Waals surface area contributed by atoms with Crippen LogP contribution in [0, 0.1) is 0 Å². The maximum Gasteiger partial charge on any atom is 0.101 e. The van der Waals surface area contributed by atoms with Gasteiger partial charge in [0.25, 0.3) is 0 Å². The van der Waals surface area contributed by atoms with Crippen LogP contribution < -0.4 is 0 Å². The van der Waals surface area contributed by atoms with E-state index in [-0.39, 0.29) is 6.04 Å². The summed E-state index contributed by atoms with van der Waals surface area (Å²) >= 11 is 0. The molecule has 0 saturated heterocycles. The van der Waals surface area contributed by atoms with Gasteiger partial charge in [-0.15, -0.1) is 0 Å². The predicted octanol–water partition coefficient (Wildman–Crippen LogP) is 2.56. The fourth-order valence-corrected chi connectivity index (χ4v) is 1.63. The zero-order chi connectivity index (χ0) is 12.1. The molecule has 3 heteroatoms. The zero-order valence-electron chi connectivity index (χ0n) is 9.75. The maximum absolute atomic E-state index is 10.1. The normalized spacial score (nSPS) is 14.9. The second-order valence-corrected chi connectivity index (χ2v) is 4.00. The molecule has 2 unspecified atom stereocenters. The topological polar surface area (TPSA) is 48.4 Å². The molecule has 88 valence electrons. The van der Waals surface area contributed by atoms with E-state index in [0.29, 0.717) is 0 Å². The first kappa shape index (κ1) is 11.6. The van der Waals surface area contributed by atoms with Gasteiger partial charge in [0.15, 0.2) is 0 Å². The summed E-state index contributed by atoms with van der Waals surface area (Å²) in [5.74, 6) is 0. The van der Waals surface area contributed by atoms with Gasteiger partial charge in [-0.25, -0.2) is 0 Å². The molecule has 0 fully saturated rings. The molecular formula is C14H16N2O. The summed E-state index contributed by atoms with van der Waals surface area (Å²) < 4.78 is 0. The Morgan fingerprint density at radius 1 is 1.18 bits per heavy atom. The summed E-state index contributed by atoms with van der Waals surface area (Å²) in [7, 11) is 0. The number of nitrogens with zero attached hydrogens (tertiary/aromatic N) is 1. The second-order valence-electron chi connectivity index (χ2n) is 4.00. The van der Waals surface area contributed by atoms with Crippen molar-refractivity contribution in [2.24, 2.45) is 4.99 Å². The highest BCUT2D eigenvalue weighted by molar-refractivity contribution is 5.77. The van der Waals surface area contributed by atoms with Crippen LogP contribution in [0.25, 0.3) is 0 Å². The van der Waals surface area contributed by atoms with Gasteiger partial charge in [-0.2, -0.15) is 0 Å². The van der Waals surface area contributed by atoms with Gasteiger partial charge < -0.3 is 10.1 Å². The van der Waals surface area contributed by atoms with Crippen molar-refractivity contribution in [1.82, 2.24) is 4.98 Å². The fourth-order valence-electron chi connectivity index (χ4n) is 1.63. The molecule has 0 amide bonds. The van der Waals surface area contributed by atoms with Crippen LogP contribution in [-0.4, -0.2) is 22.3 Å². The quantitative estimate of drug-likeness (QED) is 0.776. The lowest BCUT2D eigenvalue weighted by molar-refractivity contribution is 0.154. The Morgan fingerprint density at radius 2 is 1.94 bits per heavy atom. The first-order valence-electron chi connectivity index (χ1n) is 5.67. The van der Waals surface area contributed by atoms with E-state index in [1.807, 2.05) is 55.6 Å². The molecular weight excluding hydrogens is 212 g/mol. The van der Waals surface area contributed by atoms with Crippen molar-refractivity contribution in [1.29, 1.82) is 0 Å². The number of aliphatic imine (C=N–C) groups is 1. The smallest absolute Gasteiger partial charge is 0.101 e. The molecule has 1 aromatic heterocycles. The molecule has 1 heterocycles. The van der Waals surface area contributed by atoms with Crippen molar-refractivity contribution in [3.05, 3.63) is 59.9 Å². The third-order valence-corrected chi connectivity index (χ3v) is 2.67. The average Bonchev–Trinajstić information content (AvgIpc) is 2.89. The van der Waals surface area contributed by atoms with Crippen molar-refractivity contribution in [3.8, 4) is 0 Å². The summed E-state index contributed by atoms with van der Waals surface area (Å²) in [6.07, 6.45) is 3.03. The van der Waals surface area contributed by atoms with Gasteiger partial charge >= 0.3 is 0 Å². The first-order chi connectivity index (χ1) is 8.27. The van der Waals surface area contributed by atoms with Crippen molar-refractivity contribution >= 4 is 6.21 Å². The maximum atomic E-state index is 10.1. The molecule has 2 N–H and O–H groups in total. The summed E-state index contributed by atoms with van der Waals surface area (Å²) in [6.45, 7) is 1.90. The van der Waals surface area contributed by atoms with E-state index >= 15 is 0 Å². The fraction of sp³-hybridized carbons (Fsp3) is 0.214. The summed E-state index contributed by atoms with van der Waals surface area (Å²) in [5.41, 5.74) is 1.83. The molecule has 0 aliphatic rings. The van der Waals surface area contributed by atoms with Gasteiger partial charge in [0.2, 0.25) is 0 Å². The Hall–Kier alpha value is -1.87. The number of aromatic amines is 1. The largest absolute Gasteiger partial charge is 0.386 e. The Morgan fingerprint density at radius 3 is 2.59 bits per heavy atom.